The number of fused-ring (bicyclic) bond motifs is 1. The molecule has 0 amide bonds. The van der Waals surface area contributed by atoms with Crippen LogP contribution in [0.4, 0.5) is 0 Å². The molecular weight excluding hydrogens is 312 g/mol. The molecular formula is C11H11BClN5O4. The zero-order chi connectivity index (χ0) is 15.7. The molecule has 3 heterocycles. The van der Waals surface area contributed by atoms with E-state index in [4.69, 9.17) is 20.9 Å². The van der Waals surface area contributed by atoms with Gasteiger partial charge in [-0.15, -0.1) is 0 Å². The van der Waals surface area contributed by atoms with Gasteiger partial charge in [0.25, 0.3) is 0 Å². The number of hydrogen-bond acceptors (Lipinski definition) is 8. The summed E-state index contributed by atoms with van der Waals surface area (Å²) >= 11 is 5.92. The van der Waals surface area contributed by atoms with E-state index in [2.05, 4.69) is 15.0 Å². The van der Waals surface area contributed by atoms with E-state index in [1.54, 1.807) is 11.6 Å². The topological polar surface area (TPSA) is 99.4 Å². The Labute approximate surface area is 130 Å². The van der Waals surface area contributed by atoms with Crippen LogP contribution in [-0.4, -0.2) is 63.6 Å². The van der Waals surface area contributed by atoms with Gasteiger partial charge in [0.1, 0.15) is 11.8 Å². The van der Waals surface area contributed by atoms with E-state index in [9.17, 15) is 9.59 Å². The standard InChI is InChI=1S/C11H11BClN5O4/c1-17-2-7(19)21-12(22-8(20)3-17)4-18-6-16-9-10(13)14-5-15-11(9)18/h5-6H,2-4H2,1H3. The summed E-state index contributed by atoms with van der Waals surface area (Å²) in [5.74, 6) is -0.950. The second-order valence-corrected chi connectivity index (χ2v) is 5.17. The fourth-order valence-corrected chi connectivity index (χ4v) is 2.29. The highest BCUT2D eigenvalue weighted by atomic mass is 35.5. The van der Waals surface area contributed by atoms with Crippen molar-refractivity contribution in [1.82, 2.24) is 24.4 Å². The molecule has 22 heavy (non-hydrogen) atoms. The van der Waals surface area contributed by atoms with Gasteiger partial charge in [0.15, 0.2) is 10.8 Å². The molecule has 0 N–H and O–H groups in total. The fourth-order valence-electron chi connectivity index (χ4n) is 2.11. The Balaban J connectivity index is 1.82. The number of hydrogen-bond donors (Lipinski definition) is 0. The van der Waals surface area contributed by atoms with Crippen molar-refractivity contribution in [3.63, 3.8) is 0 Å². The number of rotatable bonds is 2. The molecule has 0 unspecified atom stereocenters. The molecule has 0 aliphatic carbocycles. The number of carbonyl (C=O) groups is 2. The summed E-state index contributed by atoms with van der Waals surface area (Å²) in [6.07, 6.45) is 2.84. The fraction of sp³-hybridized carbons (Fsp3) is 0.364. The number of aromatic nitrogens is 4. The predicted octanol–water partition coefficient (Wildman–Crippen LogP) is -0.461. The molecule has 0 radical (unpaired) electrons. The number of nitrogens with zero attached hydrogens (tertiary/aromatic N) is 5. The second-order valence-electron chi connectivity index (χ2n) is 4.82. The minimum absolute atomic E-state index is 0.0181. The Morgan fingerprint density at radius 3 is 2.59 bits per heavy atom. The van der Waals surface area contributed by atoms with Gasteiger partial charge in [-0.3, -0.25) is 14.5 Å². The molecule has 0 spiro atoms. The highest BCUT2D eigenvalue weighted by Crippen LogP contribution is 2.17. The van der Waals surface area contributed by atoms with Gasteiger partial charge in [0, 0.05) is 0 Å². The van der Waals surface area contributed by atoms with Crippen molar-refractivity contribution in [2.24, 2.45) is 0 Å². The number of halogens is 1. The highest BCUT2D eigenvalue weighted by molar-refractivity contribution is 6.48. The quantitative estimate of drug-likeness (QED) is 0.541. The highest BCUT2D eigenvalue weighted by Gasteiger charge is 2.32. The molecule has 11 heteroatoms. The van der Waals surface area contributed by atoms with Crippen molar-refractivity contribution in [3.05, 3.63) is 17.8 Å². The van der Waals surface area contributed by atoms with Crippen LogP contribution in [0, 0.1) is 0 Å². The van der Waals surface area contributed by atoms with Crippen molar-refractivity contribution in [2.75, 3.05) is 20.1 Å². The predicted molar refractivity (Wildman–Crippen MR) is 75.8 cm³/mol. The van der Waals surface area contributed by atoms with E-state index in [-0.39, 0.29) is 24.7 Å². The van der Waals surface area contributed by atoms with E-state index in [0.717, 1.165) is 0 Å². The zero-order valence-electron chi connectivity index (χ0n) is 11.6. The van der Waals surface area contributed by atoms with Crippen LogP contribution in [0.3, 0.4) is 0 Å². The van der Waals surface area contributed by atoms with Crippen LogP contribution < -0.4 is 0 Å². The van der Waals surface area contributed by atoms with Gasteiger partial charge in [0.05, 0.1) is 25.9 Å². The Morgan fingerprint density at radius 2 is 1.91 bits per heavy atom. The number of likely N-dealkylation sites (N-methyl/N-ethyl adjacent to an activating group) is 1. The lowest BCUT2D eigenvalue weighted by Gasteiger charge is -2.22. The maximum atomic E-state index is 11.7. The molecule has 0 bridgehead atoms. The Kier molecular flexibility index (Phi) is 3.95. The average Bonchev–Trinajstić information content (AvgIpc) is 2.81. The SMILES string of the molecule is CN1CC(=O)OB(Cn2cnc3c(Cl)ncnc32)OC(=O)C1. The second kappa shape index (κ2) is 5.89. The lowest BCUT2D eigenvalue weighted by atomic mass is 9.89. The molecule has 0 aromatic carbocycles. The summed E-state index contributed by atoms with van der Waals surface area (Å²) in [6, 6.07) is 0. The third-order valence-electron chi connectivity index (χ3n) is 3.03. The van der Waals surface area contributed by atoms with Crippen molar-refractivity contribution >= 4 is 41.8 Å². The third-order valence-corrected chi connectivity index (χ3v) is 3.30. The van der Waals surface area contributed by atoms with Crippen LogP contribution in [0.1, 0.15) is 0 Å². The van der Waals surface area contributed by atoms with Crippen LogP contribution in [0.25, 0.3) is 11.2 Å². The number of imidazole rings is 1. The third kappa shape index (κ3) is 3.02. The first-order chi connectivity index (χ1) is 10.5. The lowest BCUT2D eigenvalue weighted by molar-refractivity contribution is -0.145. The van der Waals surface area contributed by atoms with Crippen LogP contribution in [0.5, 0.6) is 0 Å². The van der Waals surface area contributed by atoms with Crippen LogP contribution in [-0.2, 0) is 25.3 Å². The van der Waals surface area contributed by atoms with Gasteiger partial charge in [-0.25, -0.2) is 15.0 Å². The van der Waals surface area contributed by atoms with Gasteiger partial charge in [-0.05, 0) is 7.05 Å². The summed E-state index contributed by atoms with van der Waals surface area (Å²) in [7, 11) is 0.588. The molecule has 0 atom stereocenters. The summed E-state index contributed by atoms with van der Waals surface area (Å²) in [4.78, 5) is 36.9. The van der Waals surface area contributed by atoms with Gasteiger partial charge in [0.2, 0.25) is 0 Å². The minimum atomic E-state index is -1.04. The van der Waals surface area contributed by atoms with Crippen molar-refractivity contribution in [1.29, 1.82) is 0 Å². The molecule has 114 valence electrons. The monoisotopic (exact) mass is 323 g/mol. The molecule has 2 aromatic rings. The maximum absolute atomic E-state index is 11.7. The molecule has 3 rings (SSSR count). The molecule has 9 nitrogen and oxygen atoms in total. The smallest absolute Gasteiger partial charge is 0.497 e. The normalized spacial score (nSPS) is 17.1. The molecule has 0 saturated carbocycles. The Morgan fingerprint density at radius 1 is 1.23 bits per heavy atom. The summed E-state index contributed by atoms with van der Waals surface area (Å²) < 4.78 is 11.9. The van der Waals surface area contributed by atoms with E-state index >= 15 is 0 Å². The zero-order valence-corrected chi connectivity index (χ0v) is 12.4. The summed E-state index contributed by atoms with van der Waals surface area (Å²) in [5.41, 5.74) is 0.888. The van der Waals surface area contributed by atoms with Gasteiger partial charge >= 0.3 is 19.1 Å². The Hall–Kier alpha value is -2.20. The van der Waals surface area contributed by atoms with E-state index in [1.807, 2.05) is 0 Å². The maximum Gasteiger partial charge on any atom is 0.620 e. The van der Waals surface area contributed by atoms with Crippen LogP contribution in [0.2, 0.25) is 5.15 Å². The van der Waals surface area contributed by atoms with E-state index in [1.165, 1.54) is 17.6 Å². The number of carbonyl (C=O) groups excluding carboxylic acids is 2. The summed E-state index contributed by atoms with van der Waals surface area (Å²) in [5, 5.41) is 0.219. The van der Waals surface area contributed by atoms with E-state index < -0.39 is 19.1 Å². The van der Waals surface area contributed by atoms with Crippen LogP contribution in [0.15, 0.2) is 12.7 Å². The van der Waals surface area contributed by atoms with Crippen LogP contribution >= 0.6 is 11.6 Å². The molecule has 2 aromatic heterocycles. The van der Waals surface area contributed by atoms with Gasteiger partial charge in [-0.1, -0.05) is 11.6 Å². The van der Waals surface area contributed by atoms with E-state index in [0.29, 0.717) is 11.2 Å². The Bertz CT molecular complexity index is 718. The molecule has 1 fully saturated rings. The van der Waals surface area contributed by atoms with Crippen molar-refractivity contribution in [3.8, 4) is 0 Å². The molecule has 1 aliphatic heterocycles. The van der Waals surface area contributed by atoms with Gasteiger partial charge < -0.3 is 13.9 Å². The minimum Gasteiger partial charge on any atom is -0.497 e. The van der Waals surface area contributed by atoms with Crippen molar-refractivity contribution in [2.45, 2.75) is 6.44 Å². The van der Waals surface area contributed by atoms with Gasteiger partial charge in [-0.2, -0.15) is 0 Å². The van der Waals surface area contributed by atoms with Crippen molar-refractivity contribution < 1.29 is 18.9 Å². The first-order valence-electron chi connectivity index (χ1n) is 6.42. The average molecular weight is 324 g/mol. The first kappa shape index (κ1) is 14.7. The summed E-state index contributed by atoms with van der Waals surface area (Å²) in [6.45, 7) is 0.0363. The lowest BCUT2D eigenvalue weighted by Crippen LogP contribution is -2.44. The first-order valence-corrected chi connectivity index (χ1v) is 6.79. The molecule has 1 aliphatic rings. The largest absolute Gasteiger partial charge is 0.620 e. The molecule has 1 saturated heterocycles.